The molecule has 72 valence electrons. The van der Waals surface area contributed by atoms with Gasteiger partial charge in [-0.15, -0.1) is 0 Å². The second-order valence-corrected chi connectivity index (χ2v) is 4.64. The fourth-order valence-corrected chi connectivity index (χ4v) is 2.65. The maximum atomic E-state index is 3.68. The summed E-state index contributed by atoms with van der Waals surface area (Å²) in [7, 11) is 0. The van der Waals surface area contributed by atoms with E-state index in [1.54, 1.807) is 0 Å². The van der Waals surface area contributed by atoms with Gasteiger partial charge in [0, 0.05) is 4.47 Å². The Morgan fingerprint density at radius 3 is 2.43 bits per heavy atom. The van der Waals surface area contributed by atoms with E-state index < -0.39 is 0 Å². The topological polar surface area (TPSA) is 0 Å². The lowest BCUT2D eigenvalue weighted by Crippen LogP contribution is -1.89. The summed E-state index contributed by atoms with van der Waals surface area (Å²) in [6.07, 6.45) is 0. The Labute approximate surface area is 93.1 Å². The van der Waals surface area contributed by atoms with E-state index in [9.17, 15) is 0 Å². The molecule has 0 nitrogen and oxygen atoms in total. The standard InChI is InChI=1S/C13H13Br/c1-9(2)11-8-7-10-5-3-4-6-12(10)13(11)14/h3-9H,1-2H3. The second-order valence-electron chi connectivity index (χ2n) is 3.84. The SMILES string of the molecule is CC(C)c1ccc2ccccc2c1Br. The van der Waals surface area contributed by atoms with Gasteiger partial charge >= 0.3 is 0 Å². The van der Waals surface area contributed by atoms with Crippen molar-refractivity contribution in [2.45, 2.75) is 19.8 Å². The molecule has 0 fully saturated rings. The molecular formula is C13H13Br. The van der Waals surface area contributed by atoms with Crippen LogP contribution in [-0.2, 0) is 0 Å². The van der Waals surface area contributed by atoms with Crippen molar-refractivity contribution in [3.05, 3.63) is 46.4 Å². The lowest BCUT2D eigenvalue weighted by Gasteiger charge is -2.10. The predicted molar refractivity (Wildman–Crippen MR) is 65.7 cm³/mol. The van der Waals surface area contributed by atoms with Gasteiger partial charge in [-0.25, -0.2) is 0 Å². The van der Waals surface area contributed by atoms with E-state index in [1.165, 1.54) is 20.8 Å². The smallest absolute Gasteiger partial charge is 0.0288 e. The van der Waals surface area contributed by atoms with Crippen LogP contribution in [0.3, 0.4) is 0 Å². The molecule has 0 saturated heterocycles. The van der Waals surface area contributed by atoms with Crippen LogP contribution >= 0.6 is 15.9 Å². The van der Waals surface area contributed by atoms with E-state index in [4.69, 9.17) is 0 Å². The summed E-state index contributed by atoms with van der Waals surface area (Å²) < 4.78 is 1.24. The van der Waals surface area contributed by atoms with Gasteiger partial charge in [0.05, 0.1) is 0 Å². The monoisotopic (exact) mass is 248 g/mol. The molecule has 0 aliphatic rings. The summed E-state index contributed by atoms with van der Waals surface area (Å²) >= 11 is 3.68. The van der Waals surface area contributed by atoms with Crippen molar-refractivity contribution in [3.63, 3.8) is 0 Å². The Morgan fingerprint density at radius 1 is 1.00 bits per heavy atom. The van der Waals surface area contributed by atoms with Crippen LogP contribution in [0, 0.1) is 0 Å². The zero-order valence-corrected chi connectivity index (χ0v) is 10.0. The number of hydrogen-bond donors (Lipinski definition) is 0. The minimum Gasteiger partial charge on any atom is -0.0616 e. The van der Waals surface area contributed by atoms with E-state index in [2.05, 4.69) is 66.2 Å². The van der Waals surface area contributed by atoms with Crippen LogP contribution in [0.25, 0.3) is 10.8 Å². The van der Waals surface area contributed by atoms with Crippen molar-refractivity contribution in [2.24, 2.45) is 0 Å². The van der Waals surface area contributed by atoms with E-state index in [1.807, 2.05) is 0 Å². The third-order valence-electron chi connectivity index (χ3n) is 2.52. The molecule has 0 aliphatic heterocycles. The van der Waals surface area contributed by atoms with Crippen molar-refractivity contribution >= 4 is 26.7 Å². The molecule has 0 unspecified atom stereocenters. The number of hydrogen-bond acceptors (Lipinski definition) is 0. The van der Waals surface area contributed by atoms with Gasteiger partial charge in [0.25, 0.3) is 0 Å². The first-order valence-corrected chi connectivity index (χ1v) is 5.66. The fraction of sp³-hybridized carbons (Fsp3) is 0.231. The second kappa shape index (κ2) is 3.74. The Hall–Kier alpha value is -0.820. The molecule has 0 N–H and O–H groups in total. The Balaban J connectivity index is 2.75. The van der Waals surface area contributed by atoms with Crippen molar-refractivity contribution in [2.75, 3.05) is 0 Å². The summed E-state index contributed by atoms with van der Waals surface area (Å²) in [6.45, 7) is 4.43. The zero-order valence-electron chi connectivity index (χ0n) is 8.42. The molecular weight excluding hydrogens is 236 g/mol. The quantitative estimate of drug-likeness (QED) is 0.685. The average Bonchev–Trinajstić information content (AvgIpc) is 2.18. The molecule has 2 aromatic carbocycles. The number of fused-ring (bicyclic) bond motifs is 1. The lowest BCUT2D eigenvalue weighted by atomic mass is 9.99. The molecule has 0 heterocycles. The molecule has 0 saturated carbocycles. The molecule has 2 aromatic rings. The highest BCUT2D eigenvalue weighted by atomic mass is 79.9. The molecule has 1 heteroatoms. The molecule has 0 spiro atoms. The van der Waals surface area contributed by atoms with Gasteiger partial charge in [-0.2, -0.15) is 0 Å². The Bertz CT molecular complexity index is 458. The summed E-state index contributed by atoms with van der Waals surface area (Å²) in [6, 6.07) is 12.9. The minimum atomic E-state index is 0.564. The van der Waals surface area contributed by atoms with Crippen molar-refractivity contribution in [1.29, 1.82) is 0 Å². The van der Waals surface area contributed by atoms with E-state index in [0.717, 1.165) is 0 Å². The van der Waals surface area contributed by atoms with Gasteiger partial charge in [-0.05, 0) is 38.2 Å². The van der Waals surface area contributed by atoms with Crippen LogP contribution in [0.4, 0.5) is 0 Å². The van der Waals surface area contributed by atoms with Gasteiger partial charge in [0.15, 0.2) is 0 Å². The van der Waals surface area contributed by atoms with Crippen molar-refractivity contribution in [1.82, 2.24) is 0 Å². The highest BCUT2D eigenvalue weighted by Crippen LogP contribution is 2.31. The van der Waals surface area contributed by atoms with Crippen LogP contribution in [0.5, 0.6) is 0 Å². The van der Waals surface area contributed by atoms with Crippen LogP contribution in [0.1, 0.15) is 25.3 Å². The minimum absolute atomic E-state index is 0.564. The average molecular weight is 249 g/mol. The molecule has 0 aliphatic carbocycles. The number of rotatable bonds is 1. The predicted octanol–water partition coefficient (Wildman–Crippen LogP) is 4.73. The fourth-order valence-electron chi connectivity index (χ4n) is 1.70. The van der Waals surface area contributed by atoms with Crippen LogP contribution in [0.15, 0.2) is 40.9 Å². The summed E-state index contributed by atoms with van der Waals surface area (Å²) in [4.78, 5) is 0. The molecule has 2 rings (SSSR count). The van der Waals surface area contributed by atoms with Crippen molar-refractivity contribution in [3.8, 4) is 0 Å². The first-order chi connectivity index (χ1) is 6.70. The third kappa shape index (κ3) is 1.57. The van der Waals surface area contributed by atoms with Gasteiger partial charge in [0.1, 0.15) is 0 Å². The zero-order chi connectivity index (χ0) is 10.1. The molecule has 0 amide bonds. The van der Waals surface area contributed by atoms with E-state index >= 15 is 0 Å². The highest BCUT2D eigenvalue weighted by molar-refractivity contribution is 9.10. The highest BCUT2D eigenvalue weighted by Gasteiger charge is 2.07. The van der Waals surface area contributed by atoms with Gasteiger partial charge < -0.3 is 0 Å². The first-order valence-electron chi connectivity index (χ1n) is 4.87. The van der Waals surface area contributed by atoms with Gasteiger partial charge in [0.2, 0.25) is 0 Å². The normalized spacial score (nSPS) is 11.1. The molecule has 0 aromatic heterocycles. The summed E-state index contributed by atoms with van der Waals surface area (Å²) in [5.74, 6) is 0.564. The van der Waals surface area contributed by atoms with Crippen LogP contribution < -0.4 is 0 Å². The molecule has 0 bridgehead atoms. The maximum absolute atomic E-state index is 3.68. The Kier molecular flexibility index (Phi) is 2.60. The third-order valence-corrected chi connectivity index (χ3v) is 3.40. The number of halogens is 1. The van der Waals surface area contributed by atoms with Crippen molar-refractivity contribution < 1.29 is 0 Å². The van der Waals surface area contributed by atoms with Crippen LogP contribution in [0.2, 0.25) is 0 Å². The molecule has 0 radical (unpaired) electrons. The van der Waals surface area contributed by atoms with E-state index in [0.29, 0.717) is 5.92 Å². The Morgan fingerprint density at radius 2 is 1.71 bits per heavy atom. The summed E-state index contributed by atoms with van der Waals surface area (Å²) in [5.41, 5.74) is 1.38. The van der Waals surface area contributed by atoms with Gasteiger partial charge in [-0.3, -0.25) is 0 Å². The summed E-state index contributed by atoms with van der Waals surface area (Å²) in [5, 5.41) is 2.60. The lowest BCUT2D eigenvalue weighted by molar-refractivity contribution is 0.863. The maximum Gasteiger partial charge on any atom is 0.0288 e. The molecule has 14 heavy (non-hydrogen) atoms. The van der Waals surface area contributed by atoms with E-state index in [-0.39, 0.29) is 0 Å². The molecule has 0 atom stereocenters. The van der Waals surface area contributed by atoms with Crippen LogP contribution in [-0.4, -0.2) is 0 Å². The van der Waals surface area contributed by atoms with Gasteiger partial charge in [-0.1, -0.05) is 50.2 Å². The number of benzene rings is 2. The first kappa shape index (κ1) is 9.72. The largest absolute Gasteiger partial charge is 0.0616 e.